The summed E-state index contributed by atoms with van der Waals surface area (Å²) in [5.41, 5.74) is 5.69. The van der Waals surface area contributed by atoms with Crippen molar-refractivity contribution in [1.29, 1.82) is 0 Å². The lowest BCUT2D eigenvalue weighted by Gasteiger charge is -2.28. The fraction of sp³-hybridized carbons (Fsp3) is 0.346. The number of carbonyl (C=O) groups is 1. The van der Waals surface area contributed by atoms with Gasteiger partial charge in [0.1, 0.15) is 16.0 Å². The van der Waals surface area contributed by atoms with Gasteiger partial charge in [-0.3, -0.25) is 9.88 Å². The van der Waals surface area contributed by atoms with Crippen LogP contribution in [0.3, 0.4) is 0 Å². The number of hydrogen-bond donors (Lipinski definition) is 0. The van der Waals surface area contributed by atoms with Crippen LogP contribution in [-0.4, -0.2) is 28.8 Å². The lowest BCUT2D eigenvalue weighted by molar-refractivity contribution is 0.0577. The Morgan fingerprint density at radius 3 is 2.42 bits per heavy atom. The molecule has 0 aliphatic carbocycles. The third-order valence-electron chi connectivity index (χ3n) is 5.11. The Bertz CT molecular complexity index is 1170. The average Bonchev–Trinajstić information content (AvgIpc) is 2.72. The van der Waals surface area contributed by atoms with E-state index in [4.69, 9.17) is 9.47 Å². The van der Waals surface area contributed by atoms with E-state index in [2.05, 4.69) is 32.0 Å². The molecule has 2 heterocycles. The highest BCUT2D eigenvalue weighted by atomic mass is 79.9. The third-order valence-corrected chi connectivity index (χ3v) is 5.54. The van der Waals surface area contributed by atoms with Crippen molar-refractivity contribution >= 4 is 27.7 Å². The molecule has 1 aromatic carbocycles. The number of amides is 1. The van der Waals surface area contributed by atoms with Gasteiger partial charge in [-0.1, -0.05) is 6.07 Å². The van der Waals surface area contributed by atoms with Crippen molar-refractivity contribution in [2.75, 3.05) is 12.0 Å². The summed E-state index contributed by atoms with van der Waals surface area (Å²) in [5.74, 6) is 0.774. The number of anilines is 1. The zero-order chi connectivity index (χ0) is 24.3. The molecule has 0 saturated heterocycles. The van der Waals surface area contributed by atoms with Gasteiger partial charge in [-0.05, 0) is 98.4 Å². The van der Waals surface area contributed by atoms with E-state index >= 15 is 0 Å². The first-order chi connectivity index (χ1) is 15.5. The molecule has 0 spiro atoms. The number of pyridine rings is 2. The molecule has 0 bridgehead atoms. The SMILES string of the molecule is COc1c(C)cnc(CN(C(=O)OC(C)(C)C)c2cc(C)cc(-c3ccnc(Br)c3)c2)c1C. The van der Waals surface area contributed by atoms with E-state index in [1.807, 2.05) is 65.8 Å². The monoisotopic (exact) mass is 511 g/mol. The van der Waals surface area contributed by atoms with Crippen LogP contribution in [0, 0.1) is 20.8 Å². The Balaban J connectivity index is 2.10. The van der Waals surface area contributed by atoms with E-state index in [1.165, 1.54) is 0 Å². The quantitative estimate of drug-likeness (QED) is 0.353. The van der Waals surface area contributed by atoms with Gasteiger partial charge in [-0.25, -0.2) is 9.78 Å². The zero-order valence-corrected chi connectivity index (χ0v) is 21.8. The standard InChI is InChI=1S/C26H30BrN3O3/c1-16-10-20(19-8-9-28-23(27)13-19)12-21(11-16)30(25(31)33-26(4,5)6)15-22-18(3)24(32-7)17(2)14-29-22/h8-14H,15H2,1-7H3. The van der Waals surface area contributed by atoms with Gasteiger partial charge < -0.3 is 9.47 Å². The highest BCUT2D eigenvalue weighted by Gasteiger charge is 2.26. The van der Waals surface area contributed by atoms with Crippen LogP contribution in [0.1, 0.15) is 43.2 Å². The molecule has 33 heavy (non-hydrogen) atoms. The van der Waals surface area contributed by atoms with Crippen LogP contribution in [-0.2, 0) is 11.3 Å². The predicted molar refractivity (Wildman–Crippen MR) is 135 cm³/mol. The van der Waals surface area contributed by atoms with Gasteiger partial charge >= 0.3 is 6.09 Å². The largest absolute Gasteiger partial charge is 0.496 e. The van der Waals surface area contributed by atoms with Gasteiger partial charge in [0, 0.05) is 29.2 Å². The summed E-state index contributed by atoms with van der Waals surface area (Å²) in [4.78, 5) is 23.8. The van der Waals surface area contributed by atoms with Crippen molar-refractivity contribution < 1.29 is 14.3 Å². The van der Waals surface area contributed by atoms with E-state index in [-0.39, 0.29) is 6.54 Å². The van der Waals surface area contributed by atoms with Crippen LogP contribution in [0.2, 0.25) is 0 Å². The molecular formula is C26H30BrN3O3. The molecule has 0 saturated carbocycles. The number of benzene rings is 1. The number of hydrogen-bond acceptors (Lipinski definition) is 5. The van der Waals surface area contributed by atoms with Crippen LogP contribution in [0.5, 0.6) is 5.75 Å². The summed E-state index contributed by atoms with van der Waals surface area (Å²) in [6.45, 7) is 11.7. The number of halogens is 1. The first-order valence-electron chi connectivity index (χ1n) is 10.7. The second-order valence-electron chi connectivity index (χ2n) is 9.04. The van der Waals surface area contributed by atoms with E-state index in [1.54, 1.807) is 24.4 Å². The highest BCUT2D eigenvalue weighted by molar-refractivity contribution is 9.10. The van der Waals surface area contributed by atoms with Gasteiger partial charge in [-0.2, -0.15) is 0 Å². The van der Waals surface area contributed by atoms with Crippen LogP contribution in [0.25, 0.3) is 11.1 Å². The van der Waals surface area contributed by atoms with Crippen molar-refractivity contribution in [2.24, 2.45) is 0 Å². The van der Waals surface area contributed by atoms with E-state index in [9.17, 15) is 4.79 Å². The van der Waals surface area contributed by atoms with Gasteiger partial charge in [0.25, 0.3) is 0 Å². The second-order valence-corrected chi connectivity index (χ2v) is 9.85. The Morgan fingerprint density at radius 1 is 1.06 bits per heavy atom. The smallest absolute Gasteiger partial charge is 0.415 e. The lowest BCUT2D eigenvalue weighted by atomic mass is 10.0. The summed E-state index contributed by atoms with van der Waals surface area (Å²) in [7, 11) is 1.64. The molecule has 3 aromatic rings. The number of methoxy groups -OCH3 is 1. The molecular weight excluding hydrogens is 482 g/mol. The maximum absolute atomic E-state index is 13.3. The number of ether oxygens (including phenoxy) is 2. The van der Waals surface area contributed by atoms with E-state index < -0.39 is 11.7 Å². The maximum Gasteiger partial charge on any atom is 0.415 e. The molecule has 1 amide bonds. The van der Waals surface area contributed by atoms with Crippen molar-refractivity contribution in [3.63, 3.8) is 0 Å². The number of aryl methyl sites for hydroxylation is 2. The Hall–Kier alpha value is -2.93. The summed E-state index contributed by atoms with van der Waals surface area (Å²) in [6, 6.07) is 9.94. The first kappa shape index (κ1) is 24.7. The van der Waals surface area contributed by atoms with Crippen LogP contribution < -0.4 is 9.64 Å². The summed E-state index contributed by atoms with van der Waals surface area (Å²) >= 11 is 3.44. The molecule has 6 nitrogen and oxygen atoms in total. The average molecular weight is 512 g/mol. The van der Waals surface area contributed by atoms with Crippen molar-refractivity contribution in [2.45, 2.75) is 53.7 Å². The minimum absolute atomic E-state index is 0.250. The molecule has 7 heteroatoms. The van der Waals surface area contributed by atoms with Crippen LogP contribution >= 0.6 is 15.9 Å². The Morgan fingerprint density at radius 2 is 1.79 bits per heavy atom. The highest BCUT2D eigenvalue weighted by Crippen LogP contribution is 2.31. The fourth-order valence-electron chi connectivity index (χ4n) is 3.63. The fourth-order valence-corrected chi connectivity index (χ4v) is 3.99. The van der Waals surface area contributed by atoms with Crippen LogP contribution in [0.15, 0.2) is 47.3 Å². The summed E-state index contributed by atoms with van der Waals surface area (Å²) in [6.07, 6.45) is 3.08. The van der Waals surface area contributed by atoms with Crippen molar-refractivity contribution in [3.05, 3.63) is 69.7 Å². The van der Waals surface area contributed by atoms with Crippen molar-refractivity contribution in [3.8, 4) is 16.9 Å². The van der Waals surface area contributed by atoms with Gasteiger partial charge in [0.15, 0.2) is 0 Å². The van der Waals surface area contributed by atoms with Gasteiger partial charge in [0.05, 0.1) is 19.3 Å². The molecule has 0 fully saturated rings. The molecule has 3 rings (SSSR count). The van der Waals surface area contributed by atoms with Gasteiger partial charge in [-0.15, -0.1) is 0 Å². The van der Waals surface area contributed by atoms with Gasteiger partial charge in [0.2, 0.25) is 0 Å². The number of rotatable bonds is 5. The topological polar surface area (TPSA) is 64.5 Å². The molecule has 0 aliphatic rings. The second kappa shape index (κ2) is 9.91. The first-order valence-corrected chi connectivity index (χ1v) is 11.5. The minimum atomic E-state index is -0.634. The Kier molecular flexibility index (Phi) is 7.42. The molecule has 0 atom stereocenters. The number of carbonyl (C=O) groups excluding carboxylic acids is 1. The number of aromatic nitrogens is 2. The third kappa shape index (κ3) is 6.11. The lowest BCUT2D eigenvalue weighted by Crippen LogP contribution is -2.37. The van der Waals surface area contributed by atoms with Crippen molar-refractivity contribution in [1.82, 2.24) is 9.97 Å². The predicted octanol–water partition coefficient (Wildman–Crippen LogP) is 6.78. The molecule has 0 unspecified atom stereocenters. The van der Waals surface area contributed by atoms with E-state index in [0.717, 1.165) is 49.6 Å². The summed E-state index contributed by atoms with van der Waals surface area (Å²) in [5, 5.41) is 0. The molecule has 0 aliphatic heterocycles. The minimum Gasteiger partial charge on any atom is -0.496 e. The van der Waals surface area contributed by atoms with Crippen LogP contribution in [0.4, 0.5) is 10.5 Å². The molecule has 0 radical (unpaired) electrons. The summed E-state index contributed by atoms with van der Waals surface area (Å²) < 4.78 is 12.1. The van der Waals surface area contributed by atoms with E-state index in [0.29, 0.717) is 0 Å². The molecule has 0 N–H and O–H groups in total. The molecule has 2 aromatic heterocycles. The molecule has 174 valence electrons. The maximum atomic E-state index is 13.3. The number of nitrogens with zero attached hydrogens (tertiary/aromatic N) is 3. The zero-order valence-electron chi connectivity index (χ0n) is 20.2. The normalized spacial score (nSPS) is 11.3. The Labute approximate surface area is 204 Å².